The highest BCUT2D eigenvalue weighted by Gasteiger charge is 2.24. The van der Waals surface area contributed by atoms with Crippen LogP contribution < -0.4 is 10.1 Å². The fourth-order valence-corrected chi connectivity index (χ4v) is 3.57. The third kappa shape index (κ3) is 4.42. The molecule has 1 heterocycles. The maximum absolute atomic E-state index is 12.3. The molecule has 3 aromatic rings. The predicted molar refractivity (Wildman–Crippen MR) is 124 cm³/mol. The molecule has 0 fully saturated rings. The van der Waals surface area contributed by atoms with Crippen molar-refractivity contribution in [2.45, 2.75) is 32.8 Å². The summed E-state index contributed by atoms with van der Waals surface area (Å²) in [6, 6.07) is 21.7. The van der Waals surface area contributed by atoms with E-state index in [0.717, 1.165) is 28.1 Å². The highest BCUT2D eigenvalue weighted by molar-refractivity contribution is 6.36. The van der Waals surface area contributed by atoms with E-state index in [4.69, 9.17) is 16.3 Å². The highest BCUT2D eigenvalue weighted by atomic mass is 35.5. The molecule has 1 N–H and O–H groups in total. The third-order valence-electron chi connectivity index (χ3n) is 5.18. The Morgan fingerprint density at radius 1 is 0.967 bits per heavy atom. The number of rotatable bonds is 4. The highest BCUT2D eigenvalue weighted by Crippen LogP contribution is 2.35. The largest absolute Gasteiger partial charge is 0.489 e. The van der Waals surface area contributed by atoms with E-state index in [9.17, 15) is 4.79 Å². The fourth-order valence-electron chi connectivity index (χ4n) is 3.40. The number of nitrogens with one attached hydrogen (secondary N) is 1. The molecule has 30 heavy (non-hydrogen) atoms. The van der Waals surface area contributed by atoms with E-state index in [1.807, 2.05) is 42.5 Å². The smallest absolute Gasteiger partial charge is 0.256 e. The number of amides is 1. The Hall–Kier alpha value is -3.04. The SMILES string of the molecule is CC(C)(C)c1ccc(COc2ccc(/C=C3\C(=O)Nc4ccc(Cl)cc43)cc2)cc1. The Morgan fingerprint density at radius 3 is 2.33 bits per heavy atom. The van der Waals surface area contributed by atoms with Crippen molar-refractivity contribution < 1.29 is 9.53 Å². The molecule has 152 valence electrons. The first-order valence-corrected chi connectivity index (χ1v) is 10.3. The first-order chi connectivity index (χ1) is 14.3. The van der Waals surface area contributed by atoms with Crippen molar-refractivity contribution in [3.8, 4) is 5.75 Å². The summed E-state index contributed by atoms with van der Waals surface area (Å²) in [6.07, 6.45) is 1.87. The summed E-state index contributed by atoms with van der Waals surface area (Å²) >= 11 is 6.09. The summed E-state index contributed by atoms with van der Waals surface area (Å²) in [7, 11) is 0. The number of carbonyl (C=O) groups is 1. The van der Waals surface area contributed by atoms with E-state index >= 15 is 0 Å². The second kappa shape index (κ2) is 8.00. The van der Waals surface area contributed by atoms with Gasteiger partial charge >= 0.3 is 0 Å². The van der Waals surface area contributed by atoms with Crippen molar-refractivity contribution >= 4 is 34.8 Å². The number of anilines is 1. The number of hydrogen-bond acceptors (Lipinski definition) is 2. The van der Waals surface area contributed by atoms with E-state index in [1.54, 1.807) is 6.07 Å². The van der Waals surface area contributed by atoms with Gasteiger partial charge in [-0.2, -0.15) is 0 Å². The first kappa shape index (κ1) is 20.2. The van der Waals surface area contributed by atoms with Crippen LogP contribution in [-0.2, 0) is 16.8 Å². The van der Waals surface area contributed by atoms with Gasteiger partial charge in [0.15, 0.2) is 0 Å². The van der Waals surface area contributed by atoms with E-state index in [-0.39, 0.29) is 11.3 Å². The van der Waals surface area contributed by atoms with E-state index in [1.165, 1.54) is 5.56 Å². The molecule has 0 atom stereocenters. The minimum Gasteiger partial charge on any atom is -0.489 e. The van der Waals surface area contributed by atoms with Gasteiger partial charge in [-0.15, -0.1) is 0 Å². The molecular weight excluding hydrogens is 394 g/mol. The number of halogens is 1. The summed E-state index contributed by atoms with van der Waals surface area (Å²) in [4.78, 5) is 12.3. The quantitative estimate of drug-likeness (QED) is 0.479. The predicted octanol–water partition coefficient (Wildman–Crippen LogP) is 6.71. The number of hydrogen-bond donors (Lipinski definition) is 1. The lowest BCUT2D eigenvalue weighted by molar-refractivity contribution is -0.110. The summed E-state index contributed by atoms with van der Waals surface area (Å²) in [5, 5.41) is 3.47. The van der Waals surface area contributed by atoms with Gasteiger partial charge in [0.2, 0.25) is 0 Å². The molecule has 0 aromatic heterocycles. The van der Waals surface area contributed by atoms with Crippen molar-refractivity contribution in [3.05, 3.63) is 94.0 Å². The summed E-state index contributed by atoms with van der Waals surface area (Å²) < 4.78 is 5.92. The third-order valence-corrected chi connectivity index (χ3v) is 5.42. The Kier molecular flexibility index (Phi) is 5.40. The van der Waals surface area contributed by atoms with E-state index in [0.29, 0.717) is 17.2 Å². The lowest BCUT2D eigenvalue weighted by atomic mass is 9.87. The van der Waals surface area contributed by atoms with Crippen LogP contribution in [0, 0.1) is 0 Å². The molecule has 1 aliphatic heterocycles. The topological polar surface area (TPSA) is 38.3 Å². The zero-order valence-corrected chi connectivity index (χ0v) is 18.1. The number of ether oxygens (including phenoxy) is 1. The molecule has 0 spiro atoms. The minimum atomic E-state index is -0.119. The average Bonchev–Trinajstić information content (AvgIpc) is 3.02. The van der Waals surface area contributed by atoms with Crippen LogP contribution in [0.15, 0.2) is 66.7 Å². The molecular formula is C26H24ClNO2. The molecule has 1 aliphatic rings. The van der Waals surface area contributed by atoms with Crippen LogP contribution in [0.1, 0.15) is 43.0 Å². The standard InChI is InChI=1S/C26H24ClNO2/c1-26(2,3)19-8-4-18(5-9-19)16-30-21-11-6-17(7-12-21)14-23-22-15-20(27)10-13-24(22)28-25(23)29/h4-15H,16H2,1-3H3,(H,28,29)/b23-14-. The summed E-state index contributed by atoms with van der Waals surface area (Å²) in [5.74, 6) is 0.669. The zero-order chi connectivity index (χ0) is 21.3. The second-order valence-corrected chi connectivity index (χ2v) is 8.94. The van der Waals surface area contributed by atoms with Crippen LogP contribution in [0.3, 0.4) is 0 Å². The molecule has 0 radical (unpaired) electrons. The van der Waals surface area contributed by atoms with Gasteiger partial charge < -0.3 is 10.1 Å². The van der Waals surface area contributed by atoms with Gasteiger partial charge in [-0.05, 0) is 58.5 Å². The van der Waals surface area contributed by atoms with Gasteiger partial charge in [-0.1, -0.05) is 68.8 Å². The monoisotopic (exact) mass is 417 g/mol. The average molecular weight is 418 g/mol. The molecule has 0 saturated heterocycles. The van der Waals surface area contributed by atoms with Crippen LogP contribution in [0.4, 0.5) is 5.69 Å². The van der Waals surface area contributed by atoms with Crippen LogP contribution in [0.2, 0.25) is 5.02 Å². The maximum Gasteiger partial charge on any atom is 0.256 e. The van der Waals surface area contributed by atoms with Gasteiger partial charge in [0.05, 0.1) is 0 Å². The van der Waals surface area contributed by atoms with Gasteiger partial charge in [0.1, 0.15) is 12.4 Å². The number of carbonyl (C=O) groups excluding carboxylic acids is 1. The van der Waals surface area contributed by atoms with Gasteiger partial charge in [0.25, 0.3) is 5.91 Å². The van der Waals surface area contributed by atoms with E-state index in [2.05, 4.69) is 50.4 Å². The Morgan fingerprint density at radius 2 is 1.67 bits per heavy atom. The van der Waals surface area contributed by atoms with Gasteiger partial charge in [0, 0.05) is 21.8 Å². The van der Waals surface area contributed by atoms with Crippen molar-refractivity contribution in [1.29, 1.82) is 0 Å². The Labute approximate surface area is 182 Å². The molecule has 3 aromatic carbocycles. The van der Waals surface area contributed by atoms with Crippen molar-refractivity contribution in [2.24, 2.45) is 0 Å². The Balaban J connectivity index is 1.44. The van der Waals surface area contributed by atoms with Crippen LogP contribution >= 0.6 is 11.6 Å². The fraction of sp³-hybridized carbons (Fsp3) is 0.192. The van der Waals surface area contributed by atoms with Gasteiger partial charge in [-0.3, -0.25) is 4.79 Å². The molecule has 1 amide bonds. The molecule has 0 aliphatic carbocycles. The first-order valence-electron chi connectivity index (χ1n) is 9.95. The van der Waals surface area contributed by atoms with Crippen molar-refractivity contribution in [3.63, 3.8) is 0 Å². The van der Waals surface area contributed by atoms with Crippen LogP contribution in [0.25, 0.3) is 11.6 Å². The molecule has 0 saturated carbocycles. The maximum atomic E-state index is 12.3. The molecule has 4 heteroatoms. The second-order valence-electron chi connectivity index (χ2n) is 8.51. The molecule has 3 nitrogen and oxygen atoms in total. The van der Waals surface area contributed by atoms with Gasteiger partial charge in [-0.25, -0.2) is 0 Å². The molecule has 0 unspecified atom stereocenters. The zero-order valence-electron chi connectivity index (χ0n) is 17.3. The molecule has 0 bridgehead atoms. The van der Waals surface area contributed by atoms with E-state index < -0.39 is 0 Å². The molecule has 4 rings (SSSR count). The summed E-state index contributed by atoms with van der Waals surface area (Å²) in [5.41, 5.74) is 5.73. The minimum absolute atomic E-state index is 0.119. The summed E-state index contributed by atoms with van der Waals surface area (Å²) in [6.45, 7) is 7.13. The van der Waals surface area contributed by atoms with Crippen LogP contribution in [-0.4, -0.2) is 5.91 Å². The normalized spacial score (nSPS) is 14.5. The number of benzene rings is 3. The van der Waals surface area contributed by atoms with Crippen molar-refractivity contribution in [1.82, 2.24) is 0 Å². The number of fused-ring (bicyclic) bond motifs is 1. The van der Waals surface area contributed by atoms with Crippen LogP contribution in [0.5, 0.6) is 5.75 Å². The lowest BCUT2D eigenvalue weighted by Crippen LogP contribution is -2.10. The lowest BCUT2D eigenvalue weighted by Gasteiger charge is -2.19. The Bertz CT molecular complexity index is 1110. The van der Waals surface area contributed by atoms with Crippen molar-refractivity contribution in [2.75, 3.05) is 5.32 Å².